The van der Waals surface area contributed by atoms with E-state index in [-0.39, 0.29) is 5.69 Å². The molecule has 86 valence electrons. The molecule has 1 unspecified atom stereocenters. The second-order valence-corrected chi connectivity index (χ2v) is 3.00. The minimum Gasteiger partial charge on any atom is -0.480 e. The molecular formula is C8H10N4O4. The van der Waals surface area contributed by atoms with Gasteiger partial charge in [0, 0.05) is 0 Å². The maximum atomic E-state index is 11.4. The number of carboxylic acid groups (broad SMARTS) is 1. The van der Waals surface area contributed by atoms with E-state index in [4.69, 9.17) is 10.8 Å². The largest absolute Gasteiger partial charge is 0.480 e. The summed E-state index contributed by atoms with van der Waals surface area (Å²) < 4.78 is 0. The lowest BCUT2D eigenvalue weighted by Crippen LogP contribution is -2.43. The van der Waals surface area contributed by atoms with Crippen LogP contribution in [0.5, 0.6) is 0 Å². The van der Waals surface area contributed by atoms with Crippen LogP contribution in [-0.4, -0.2) is 38.9 Å². The Bertz CT molecular complexity index is 400. The predicted octanol–water partition coefficient (Wildman–Crippen LogP) is -1.53. The average Bonchev–Trinajstić information content (AvgIpc) is 2.68. The van der Waals surface area contributed by atoms with Gasteiger partial charge in [-0.1, -0.05) is 0 Å². The Morgan fingerprint density at radius 2 is 2.25 bits per heavy atom. The molecule has 1 aromatic rings. The summed E-state index contributed by atoms with van der Waals surface area (Å²) in [7, 11) is 0. The van der Waals surface area contributed by atoms with Crippen molar-refractivity contribution < 1.29 is 19.5 Å². The second kappa shape index (κ2) is 4.91. The Labute approximate surface area is 89.9 Å². The average molecular weight is 226 g/mol. The Kier molecular flexibility index (Phi) is 3.59. The Morgan fingerprint density at radius 1 is 1.56 bits per heavy atom. The highest BCUT2D eigenvalue weighted by molar-refractivity contribution is 5.95. The number of aromatic amines is 1. The summed E-state index contributed by atoms with van der Waals surface area (Å²) in [6, 6.07) is -1.34. The van der Waals surface area contributed by atoms with Gasteiger partial charge in [-0.2, -0.15) is 0 Å². The monoisotopic (exact) mass is 226 g/mol. The third-order valence-electron chi connectivity index (χ3n) is 1.75. The number of hydrogen-bond donors (Lipinski definition) is 4. The lowest BCUT2D eigenvalue weighted by atomic mass is 10.2. The third-order valence-corrected chi connectivity index (χ3v) is 1.75. The van der Waals surface area contributed by atoms with Crippen molar-refractivity contribution in [3.05, 3.63) is 18.2 Å². The minimum absolute atomic E-state index is 0.107. The van der Waals surface area contributed by atoms with Crippen molar-refractivity contribution in [1.29, 1.82) is 0 Å². The number of carbonyl (C=O) groups is 3. The van der Waals surface area contributed by atoms with Gasteiger partial charge in [0.2, 0.25) is 5.91 Å². The molecule has 0 aliphatic carbocycles. The van der Waals surface area contributed by atoms with Crippen molar-refractivity contribution >= 4 is 17.8 Å². The second-order valence-electron chi connectivity index (χ2n) is 3.00. The van der Waals surface area contributed by atoms with Gasteiger partial charge in [0.05, 0.1) is 18.9 Å². The van der Waals surface area contributed by atoms with Gasteiger partial charge in [-0.05, 0) is 0 Å². The summed E-state index contributed by atoms with van der Waals surface area (Å²) in [6.07, 6.45) is 2.05. The molecule has 0 fully saturated rings. The van der Waals surface area contributed by atoms with Gasteiger partial charge < -0.3 is 21.1 Å². The first kappa shape index (κ1) is 11.7. The highest BCUT2D eigenvalue weighted by Gasteiger charge is 2.22. The van der Waals surface area contributed by atoms with Crippen LogP contribution in [-0.2, 0) is 9.59 Å². The Balaban J connectivity index is 2.65. The number of nitrogens with one attached hydrogen (secondary N) is 2. The first-order chi connectivity index (χ1) is 7.50. The molecule has 0 aliphatic rings. The first-order valence-electron chi connectivity index (χ1n) is 4.31. The van der Waals surface area contributed by atoms with Gasteiger partial charge in [0.25, 0.3) is 5.91 Å². The summed E-state index contributed by atoms with van der Waals surface area (Å²) in [5.74, 6) is -2.80. The standard InChI is InChI=1S/C8H10N4O4/c9-6(13)1-4(8(15)16)12-7(14)5-2-10-3-11-5/h2-4H,1H2,(H2,9,13)(H,10,11)(H,12,14)(H,15,16). The molecule has 1 atom stereocenters. The summed E-state index contributed by atoms with van der Waals surface area (Å²) in [5, 5.41) is 10.9. The number of nitrogens with zero attached hydrogens (tertiary/aromatic N) is 1. The minimum atomic E-state index is -1.34. The molecule has 8 nitrogen and oxygen atoms in total. The smallest absolute Gasteiger partial charge is 0.326 e. The molecule has 0 saturated heterocycles. The molecule has 0 aromatic carbocycles. The van der Waals surface area contributed by atoms with Crippen molar-refractivity contribution in [1.82, 2.24) is 15.3 Å². The lowest BCUT2D eigenvalue weighted by molar-refractivity contribution is -0.140. The van der Waals surface area contributed by atoms with E-state index in [0.29, 0.717) is 0 Å². The number of carboxylic acids is 1. The van der Waals surface area contributed by atoms with Crippen molar-refractivity contribution in [3.63, 3.8) is 0 Å². The molecule has 5 N–H and O–H groups in total. The zero-order valence-corrected chi connectivity index (χ0v) is 8.14. The van der Waals surface area contributed by atoms with E-state index in [1.807, 2.05) is 0 Å². The molecule has 0 bridgehead atoms. The molecule has 0 saturated carbocycles. The van der Waals surface area contributed by atoms with Crippen LogP contribution in [0.2, 0.25) is 0 Å². The zero-order chi connectivity index (χ0) is 12.1. The van der Waals surface area contributed by atoms with Crippen LogP contribution in [0.3, 0.4) is 0 Å². The number of imidazole rings is 1. The van der Waals surface area contributed by atoms with Crippen LogP contribution in [0.25, 0.3) is 0 Å². The third kappa shape index (κ3) is 3.08. The molecule has 0 aliphatic heterocycles. The number of rotatable bonds is 5. The first-order valence-corrected chi connectivity index (χ1v) is 4.31. The number of aromatic nitrogens is 2. The predicted molar refractivity (Wildman–Crippen MR) is 51.3 cm³/mol. The summed E-state index contributed by atoms with van der Waals surface area (Å²) in [4.78, 5) is 38.8. The molecule has 2 amide bonds. The number of carbonyl (C=O) groups excluding carboxylic acids is 2. The molecule has 0 radical (unpaired) electrons. The quantitative estimate of drug-likeness (QED) is 0.482. The number of hydrogen-bond acceptors (Lipinski definition) is 4. The molecule has 1 aromatic heterocycles. The van der Waals surface area contributed by atoms with Crippen LogP contribution in [0.15, 0.2) is 12.5 Å². The van der Waals surface area contributed by atoms with Gasteiger partial charge in [0.15, 0.2) is 0 Å². The number of aliphatic carboxylic acids is 1. The lowest BCUT2D eigenvalue weighted by Gasteiger charge is -2.11. The number of primary amides is 1. The molecule has 1 rings (SSSR count). The van der Waals surface area contributed by atoms with E-state index in [9.17, 15) is 14.4 Å². The molecule has 8 heteroatoms. The van der Waals surface area contributed by atoms with Crippen molar-refractivity contribution in [2.24, 2.45) is 5.73 Å². The molecule has 1 heterocycles. The van der Waals surface area contributed by atoms with E-state index in [0.717, 1.165) is 0 Å². The highest BCUT2D eigenvalue weighted by Crippen LogP contribution is 1.96. The van der Waals surface area contributed by atoms with Gasteiger partial charge in [-0.3, -0.25) is 9.59 Å². The maximum Gasteiger partial charge on any atom is 0.326 e. The number of amides is 2. The summed E-state index contributed by atoms with van der Waals surface area (Å²) in [5.41, 5.74) is 4.96. The van der Waals surface area contributed by atoms with Crippen LogP contribution >= 0.6 is 0 Å². The van der Waals surface area contributed by atoms with Gasteiger partial charge in [-0.25, -0.2) is 9.78 Å². The van der Waals surface area contributed by atoms with Gasteiger partial charge >= 0.3 is 5.97 Å². The van der Waals surface area contributed by atoms with Crippen LogP contribution in [0.1, 0.15) is 16.9 Å². The molecule has 0 spiro atoms. The zero-order valence-electron chi connectivity index (χ0n) is 8.14. The maximum absolute atomic E-state index is 11.4. The number of nitrogens with two attached hydrogens (primary N) is 1. The van der Waals surface area contributed by atoms with Crippen molar-refractivity contribution in [2.45, 2.75) is 12.5 Å². The fourth-order valence-corrected chi connectivity index (χ4v) is 1.02. The van der Waals surface area contributed by atoms with Gasteiger partial charge in [-0.15, -0.1) is 0 Å². The van der Waals surface area contributed by atoms with E-state index >= 15 is 0 Å². The van der Waals surface area contributed by atoms with Crippen LogP contribution < -0.4 is 11.1 Å². The fraction of sp³-hybridized carbons (Fsp3) is 0.250. The topological polar surface area (TPSA) is 138 Å². The molecular weight excluding hydrogens is 216 g/mol. The molecule has 16 heavy (non-hydrogen) atoms. The number of H-pyrrole nitrogens is 1. The van der Waals surface area contributed by atoms with Gasteiger partial charge in [0.1, 0.15) is 11.7 Å². The van der Waals surface area contributed by atoms with E-state index in [1.165, 1.54) is 12.5 Å². The fourth-order valence-electron chi connectivity index (χ4n) is 1.02. The highest BCUT2D eigenvalue weighted by atomic mass is 16.4. The summed E-state index contributed by atoms with van der Waals surface area (Å²) in [6.45, 7) is 0. The van der Waals surface area contributed by atoms with E-state index < -0.39 is 30.2 Å². The van der Waals surface area contributed by atoms with Crippen LogP contribution in [0, 0.1) is 0 Å². The SMILES string of the molecule is NC(=O)CC(NC(=O)c1cnc[nH]1)C(=O)O. The van der Waals surface area contributed by atoms with E-state index in [2.05, 4.69) is 15.3 Å². The van der Waals surface area contributed by atoms with E-state index in [1.54, 1.807) is 0 Å². The summed E-state index contributed by atoms with van der Waals surface area (Å²) >= 11 is 0. The van der Waals surface area contributed by atoms with Crippen molar-refractivity contribution in [3.8, 4) is 0 Å². The van der Waals surface area contributed by atoms with Crippen molar-refractivity contribution in [2.75, 3.05) is 0 Å². The Morgan fingerprint density at radius 3 is 2.69 bits per heavy atom. The normalized spacial score (nSPS) is 11.8. The van der Waals surface area contributed by atoms with Crippen LogP contribution in [0.4, 0.5) is 0 Å². The Hall–Kier alpha value is -2.38.